The number of anilines is 1. The standard InChI is InChI=1S/C32H40N5O9P/c1-19(29(39)44-21-12-5-4-6-13-21)36-47(41,46-24-15-9-11-20-10-7-8-14-22(20)24)43-18-25-26(38)32(2,40)30(45-25)37-17-16-23-27(37)34-31(33)35-28(23)42-3/h7-11,14-17,19,21,25-26,30,38,40H,4-6,12-13,18H2,1-3H3,(H,36,41)(H2,33,34,35)/t19-,25-,26-,30-,32-,47?/m1/s1. The number of nitrogens with two attached hydrogens (primary N) is 1. The monoisotopic (exact) mass is 669 g/mol. The Kier molecular flexibility index (Phi) is 9.43. The molecule has 1 aliphatic carbocycles. The van der Waals surface area contributed by atoms with Gasteiger partial charge >= 0.3 is 13.7 Å². The fourth-order valence-corrected chi connectivity index (χ4v) is 7.67. The van der Waals surface area contributed by atoms with Gasteiger partial charge in [0.05, 0.1) is 19.1 Å². The Bertz CT molecular complexity index is 1790. The molecule has 1 saturated carbocycles. The highest BCUT2D eigenvalue weighted by molar-refractivity contribution is 7.52. The maximum absolute atomic E-state index is 14.4. The van der Waals surface area contributed by atoms with Crippen molar-refractivity contribution in [1.29, 1.82) is 0 Å². The molecule has 14 nitrogen and oxygen atoms in total. The number of esters is 1. The van der Waals surface area contributed by atoms with Crippen molar-refractivity contribution in [3.63, 3.8) is 0 Å². The van der Waals surface area contributed by atoms with Crippen LogP contribution in [0.25, 0.3) is 21.8 Å². The summed E-state index contributed by atoms with van der Waals surface area (Å²) in [6, 6.07) is 13.3. The molecule has 15 heteroatoms. The summed E-state index contributed by atoms with van der Waals surface area (Å²) in [7, 11) is -2.90. The zero-order chi connectivity index (χ0) is 33.3. The van der Waals surface area contributed by atoms with Gasteiger partial charge in [-0.15, -0.1) is 0 Å². The van der Waals surface area contributed by atoms with Gasteiger partial charge in [0.15, 0.2) is 11.9 Å². The molecule has 1 aliphatic heterocycles. The molecule has 0 bridgehead atoms. The molecule has 1 unspecified atom stereocenters. The van der Waals surface area contributed by atoms with E-state index in [1.54, 1.807) is 24.4 Å². The van der Waals surface area contributed by atoms with Crippen molar-refractivity contribution in [3.05, 3.63) is 54.7 Å². The number of nitrogens with one attached hydrogen (secondary N) is 1. The fraction of sp³-hybridized carbons (Fsp3) is 0.469. The van der Waals surface area contributed by atoms with Crippen LogP contribution in [0.5, 0.6) is 11.6 Å². The third-order valence-electron chi connectivity index (χ3n) is 8.67. The van der Waals surface area contributed by atoms with E-state index in [0.29, 0.717) is 16.4 Å². The summed E-state index contributed by atoms with van der Waals surface area (Å²) in [5.74, 6) is -0.146. The van der Waals surface area contributed by atoms with E-state index in [-0.39, 0.29) is 23.7 Å². The number of aliphatic hydroxyl groups excluding tert-OH is 1. The summed E-state index contributed by atoms with van der Waals surface area (Å²) in [6.45, 7) is 2.45. The average molecular weight is 670 g/mol. The summed E-state index contributed by atoms with van der Waals surface area (Å²) in [5, 5.41) is 27.4. The number of methoxy groups -OCH3 is 1. The van der Waals surface area contributed by atoms with E-state index in [2.05, 4.69) is 15.1 Å². The number of nitrogens with zero attached hydrogens (tertiary/aromatic N) is 3. The van der Waals surface area contributed by atoms with Crippen LogP contribution in [0.2, 0.25) is 0 Å². The molecule has 4 aromatic rings. The van der Waals surface area contributed by atoms with E-state index in [1.807, 2.05) is 30.3 Å². The van der Waals surface area contributed by atoms with Gasteiger partial charge in [-0.05, 0) is 57.0 Å². The van der Waals surface area contributed by atoms with E-state index < -0.39 is 50.4 Å². The smallest absolute Gasteiger partial charge is 0.459 e. The molecule has 1 saturated heterocycles. The highest BCUT2D eigenvalue weighted by atomic mass is 31.2. The largest absolute Gasteiger partial charge is 0.480 e. The number of hydrogen-bond acceptors (Lipinski definition) is 12. The van der Waals surface area contributed by atoms with Crippen molar-refractivity contribution >= 4 is 41.5 Å². The van der Waals surface area contributed by atoms with Crippen molar-refractivity contribution < 1.29 is 42.8 Å². The molecule has 252 valence electrons. The van der Waals surface area contributed by atoms with Crippen LogP contribution in [-0.4, -0.2) is 74.4 Å². The Morgan fingerprint density at radius 3 is 2.66 bits per heavy atom. The first kappa shape index (κ1) is 33.1. The van der Waals surface area contributed by atoms with Crippen LogP contribution in [0.4, 0.5) is 5.95 Å². The minimum absolute atomic E-state index is 0.0545. The molecule has 2 aliphatic rings. The Morgan fingerprint density at radius 1 is 1.15 bits per heavy atom. The lowest BCUT2D eigenvalue weighted by Crippen LogP contribution is -2.44. The minimum atomic E-state index is -4.35. The maximum atomic E-state index is 14.4. The number of fused-ring (bicyclic) bond motifs is 2. The van der Waals surface area contributed by atoms with Crippen LogP contribution < -0.4 is 20.1 Å². The number of hydrogen-bond donors (Lipinski definition) is 4. The third kappa shape index (κ3) is 6.80. The molecule has 2 fully saturated rings. The van der Waals surface area contributed by atoms with Crippen molar-refractivity contribution in [2.75, 3.05) is 19.5 Å². The minimum Gasteiger partial charge on any atom is -0.480 e. The summed E-state index contributed by atoms with van der Waals surface area (Å²) in [4.78, 5) is 21.4. The highest BCUT2D eigenvalue weighted by Gasteiger charge is 2.54. The predicted molar refractivity (Wildman–Crippen MR) is 173 cm³/mol. The first-order chi connectivity index (χ1) is 22.5. The van der Waals surface area contributed by atoms with Crippen molar-refractivity contribution in [3.8, 4) is 11.6 Å². The highest BCUT2D eigenvalue weighted by Crippen LogP contribution is 2.49. The molecule has 0 amide bonds. The molecule has 3 heterocycles. The second kappa shape index (κ2) is 13.4. The SMILES string of the molecule is COc1nc(N)nc2c1ccn2[C@@H]1O[C@H](COP(=O)(N[C@H](C)C(=O)OC2CCCCC2)Oc2cccc3ccccc23)[C@@H](O)[C@@]1(C)O. The predicted octanol–water partition coefficient (Wildman–Crippen LogP) is 4.24. The van der Waals surface area contributed by atoms with Crippen LogP contribution in [0.15, 0.2) is 54.7 Å². The van der Waals surface area contributed by atoms with Gasteiger partial charge in [-0.3, -0.25) is 9.32 Å². The Morgan fingerprint density at radius 2 is 1.89 bits per heavy atom. The van der Waals surface area contributed by atoms with E-state index in [4.69, 9.17) is 29.0 Å². The van der Waals surface area contributed by atoms with Gasteiger partial charge in [0.25, 0.3) is 0 Å². The van der Waals surface area contributed by atoms with E-state index in [1.165, 1.54) is 25.5 Å². The van der Waals surface area contributed by atoms with Gasteiger partial charge in [-0.1, -0.05) is 42.8 Å². The lowest BCUT2D eigenvalue weighted by molar-refractivity contribution is -0.152. The summed E-state index contributed by atoms with van der Waals surface area (Å²) in [5.41, 5.74) is 4.34. The molecule has 2 aromatic heterocycles. The van der Waals surface area contributed by atoms with Gasteiger partial charge in [0.2, 0.25) is 11.8 Å². The number of aliphatic hydroxyl groups is 2. The number of rotatable bonds is 11. The van der Waals surface area contributed by atoms with Gasteiger partial charge in [-0.25, -0.2) is 4.57 Å². The molecule has 47 heavy (non-hydrogen) atoms. The molecule has 0 spiro atoms. The number of nitrogen functional groups attached to an aromatic ring is 1. The molecule has 6 rings (SSSR count). The molecule has 0 radical (unpaired) electrons. The van der Waals surface area contributed by atoms with Crippen molar-refractivity contribution in [2.45, 2.75) is 82.1 Å². The second-order valence-corrected chi connectivity index (χ2v) is 13.9. The number of carbonyl (C=O) groups is 1. The molecule has 6 atom stereocenters. The quantitative estimate of drug-likeness (QED) is 0.131. The normalized spacial score (nSPS) is 25.4. The van der Waals surface area contributed by atoms with E-state index >= 15 is 0 Å². The third-order valence-corrected chi connectivity index (χ3v) is 10.3. The Hall–Kier alpha value is -3.78. The molecule has 5 N–H and O–H groups in total. The average Bonchev–Trinajstić information content (AvgIpc) is 3.57. The van der Waals surface area contributed by atoms with Crippen molar-refractivity contribution in [2.24, 2.45) is 0 Å². The van der Waals surface area contributed by atoms with Crippen molar-refractivity contribution in [1.82, 2.24) is 19.6 Å². The zero-order valence-corrected chi connectivity index (χ0v) is 27.3. The van der Waals surface area contributed by atoms with Gasteiger partial charge in [-0.2, -0.15) is 15.1 Å². The van der Waals surface area contributed by atoms with Gasteiger partial charge in [0, 0.05) is 11.6 Å². The lowest BCUT2D eigenvalue weighted by atomic mass is 9.96. The van der Waals surface area contributed by atoms with E-state index in [0.717, 1.165) is 37.5 Å². The first-order valence-corrected chi connectivity index (χ1v) is 17.2. The lowest BCUT2D eigenvalue weighted by Gasteiger charge is -2.28. The van der Waals surface area contributed by atoms with Crippen LogP contribution in [-0.2, 0) is 23.4 Å². The molecule has 2 aromatic carbocycles. The topological polar surface area (TPSA) is 190 Å². The van der Waals surface area contributed by atoms with Gasteiger partial charge < -0.3 is 39.2 Å². The fourth-order valence-electron chi connectivity index (χ4n) is 6.15. The summed E-state index contributed by atoms with van der Waals surface area (Å²) < 4.78 is 45.0. The Balaban J connectivity index is 1.24. The van der Waals surface area contributed by atoms with E-state index in [9.17, 15) is 19.6 Å². The maximum Gasteiger partial charge on any atom is 0.459 e. The van der Waals surface area contributed by atoms with Crippen LogP contribution in [0.3, 0.4) is 0 Å². The van der Waals surface area contributed by atoms with Gasteiger partial charge in [0.1, 0.15) is 35.7 Å². The summed E-state index contributed by atoms with van der Waals surface area (Å²) >= 11 is 0. The molecular weight excluding hydrogens is 629 g/mol. The first-order valence-electron chi connectivity index (χ1n) is 15.6. The number of ether oxygens (including phenoxy) is 3. The Labute approximate surface area is 271 Å². The van der Waals surface area contributed by atoms with Crippen LogP contribution >= 0.6 is 7.75 Å². The number of benzene rings is 2. The summed E-state index contributed by atoms with van der Waals surface area (Å²) in [6.07, 6.45) is 2.19. The zero-order valence-electron chi connectivity index (χ0n) is 26.4. The number of aromatic nitrogens is 3. The second-order valence-electron chi connectivity index (χ2n) is 12.2. The molecular formula is C32H40N5O9P. The number of carbonyl (C=O) groups excluding carboxylic acids is 1. The van der Waals surface area contributed by atoms with Crippen LogP contribution in [0.1, 0.15) is 52.2 Å². The van der Waals surface area contributed by atoms with Crippen LogP contribution in [0, 0.1) is 0 Å².